The molecule has 5 nitrogen and oxygen atoms in total. The van der Waals surface area contributed by atoms with Crippen LogP contribution >= 0.6 is 0 Å². The van der Waals surface area contributed by atoms with Crippen LogP contribution in [0.25, 0.3) is 0 Å². The Kier molecular flexibility index (Phi) is 5.50. The highest BCUT2D eigenvalue weighted by Gasteiger charge is 2.45. The van der Waals surface area contributed by atoms with Crippen LogP contribution in [0.1, 0.15) is 18.1 Å². The largest absolute Gasteiger partial charge is 0.308 e. The maximum Gasteiger partial charge on any atom is 0.183 e. The molecule has 7 heteroatoms. The summed E-state index contributed by atoms with van der Waals surface area (Å²) < 4.78 is 50.4. The molecule has 140 valence electrons. The molecule has 2 unspecified atom stereocenters. The number of hydrogen-bond acceptors (Lipinski definition) is 5. The molecule has 26 heavy (non-hydrogen) atoms. The summed E-state index contributed by atoms with van der Waals surface area (Å²) in [6, 6.07) is 15.6. The third-order valence-electron chi connectivity index (χ3n) is 4.77. The monoisotopic (exact) mass is 393 g/mol. The predicted octanol–water partition coefficient (Wildman–Crippen LogP) is 1.98. The van der Waals surface area contributed by atoms with E-state index in [1.165, 1.54) is 0 Å². The quantitative estimate of drug-likeness (QED) is 0.812. The number of nitrogens with one attached hydrogen (secondary N) is 1. The maximum atomic E-state index is 13.0. The summed E-state index contributed by atoms with van der Waals surface area (Å²) >= 11 is 0. The molecule has 2 aromatic carbocycles. The van der Waals surface area contributed by atoms with Gasteiger partial charge in [0.1, 0.15) is 0 Å². The molecule has 1 aliphatic rings. The van der Waals surface area contributed by atoms with Crippen molar-refractivity contribution in [3.63, 3.8) is 0 Å². The topological polar surface area (TPSA) is 80.3 Å². The number of hydrogen-bond donors (Lipinski definition) is 1. The van der Waals surface area contributed by atoms with Crippen LogP contribution in [0.4, 0.5) is 0 Å². The van der Waals surface area contributed by atoms with Gasteiger partial charge in [-0.25, -0.2) is 16.8 Å². The minimum atomic E-state index is -3.73. The molecule has 2 atom stereocenters. The van der Waals surface area contributed by atoms with Gasteiger partial charge in [0.15, 0.2) is 19.7 Å². The van der Waals surface area contributed by atoms with Gasteiger partial charge in [-0.15, -0.1) is 0 Å². The lowest BCUT2D eigenvalue weighted by molar-refractivity contribution is 0.526. The Balaban J connectivity index is 1.84. The van der Waals surface area contributed by atoms with E-state index in [0.717, 1.165) is 17.5 Å². The standard InChI is InChI=1S/C19H23NO4S2/c1-2-15-8-10-17(11-9-15)26(23,24)19-14-25(21,22)13-18(19)20-12-16-6-4-3-5-7-16/h3-11,18-20H,2,12-14H2,1H3. The fourth-order valence-electron chi connectivity index (χ4n) is 3.25. The predicted molar refractivity (Wildman–Crippen MR) is 103 cm³/mol. The van der Waals surface area contributed by atoms with Crippen molar-refractivity contribution in [2.24, 2.45) is 0 Å². The van der Waals surface area contributed by atoms with E-state index < -0.39 is 31.0 Å². The highest BCUT2D eigenvalue weighted by Crippen LogP contribution is 2.26. The lowest BCUT2D eigenvalue weighted by Crippen LogP contribution is -2.43. The molecule has 0 aliphatic carbocycles. The maximum absolute atomic E-state index is 13.0. The first-order valence-corrected chi connectivity index (χ1v) is 12.0. The molecule has 0 amide bonds. The van der Waals surface area contributed by atoms with Gasteiger partial charge in [0.2, 0.25) is 0 Å². The second kappa shape index (κ2) is 7.50. The van der Waals surface area contributed by atoms with Crippen LogP contribution in [0.3, 0.4) is 0 Å². The van der Waals surface area contributed by atoms with Crippen LogP contribution in [0.2, 0.25) is 0 Å². The summed E-state index contributed by atoms with van der Waals surface area (Å²) in [5.41, 5.74) is 2.03. The van der Waals surface area contributed by atoms with Gasteiger partial charge in [-0.05, 0) is 29.7 Å². The molecule has 2 aromatic rings. The summed E-state index contributed by atoms with van der Waals surface area (Å²) in [4.78, 5) is 0.184. The first kappa shape index (κ1) is 19.1. The molecule has 1 N–H and O–H groups in total. The molecular weight excluding hydrogens is 370 g/mol. The number of sulfone groups is 2. The average molecular weight is 394 g/mol. The molecule has 1 aliphatic heterocycles. The van der Waals surface area contributed by atoms with Crippen molar-refractivity contribution in [3.05, 3.63) is 65.7 Å². The second-order valence-corrected chi connectivity index (χ2v) is 11.0. The molecule has 0 bridgehead atoms. The van der Waals surface area contributed by atoms with Crippen molar-refractivity contribution >= 4 is 19.7 Å². The van der Waals surface area contributed by atoms with Gasteiger partial charge in [-0.2, -0.15) is 0 Å². The third kappa shape index (κ3) is 4.16. The minimum Gasteiger partial charge on any atom is -0.308 e. The van der Waals surface area contributed by atoms with Crippen LogP contribution in [0, 0.1) is 0 Å². The highest BCUT2D eigenvalue weighted by molar-refractivity contribution is 7.96. The Morgan fingerprint density at radius 3 is 2.23 bits per heavy atom. The van der Waals surface area contributed by atoms with E-state index in [-0.39, 0.29) is 16.4 Å². The second-order valence-electron chi connectivity index (χ2n) is 6.63. The number of rotatable bonds is 6. The normalized spacial score (nSPS) is 22.3. The Bertz CT molecular complexity index is 952. The third-order valence-corrected chi connectivity index (χ3v) is 8.94. The van der Waals surface area contributed by atoms with Crippen LogP contribution in [-0.4, -0.2) is 39.6 Å². The van der Waals surface area contributed by atoms with E-state index in [4.69, 9.17) is 0 Å². The lowest BCUT2D eigenvalue weighted by Gasteiger charge is -2.20. The minimum absolute atomic E-state index is 0.156. The first-order chi connectivity index (χ1) is 12.3. The summed E-state index contributed by atoms with van der Waals surface area (Å²) in [6.07, 6.45) is 0.819. The van der Waals surface area contributed by atoms with E-state index in [1.54, 1.807) is 24.3 Å². The fraction of sp³-hybridized carbons (Fsp3) is 0.368. The van der Waals surface area contributed by atoms with Gasteiger partial charge in [0.05, 0.1) is 21.7 Å². The van der Waals surface area contributed by atoms with E-state index in [9.17, 15) is 16.8 Å². The number of benzene rings is 2. The zero-order valence-electron chi connectivity index (χ0n) is 14.6. The van der Waals surface area contributed by atoms with Crippen LogP contribution in [-0.2, 0) is 32.6 Å². The molecule has 1 heterocycles. The van der Waals surface area contributed by atoms with Crippen molar-refractivity contribution in [2.75, 3.05) is 11.5 Å². The Morgan fingerprint density at radius 2 is 1.62 bits per heavy atom. The molecule has 0 saturated carbocycles. The van der Waals surface area contributed by atoms with Gasteiger partial charge in [0, 0.05) is 12.6 Å². The zero-order valence-corrected chi connectivity index (χ0v) is 16.3. The van der Waals surface area contributed by atoms with Crippen molar-refractivity contribution in [2.45, 2.75) is 36.1 Å². The Morgan fingerprint density at radius 1 is 0.962 bits per heavy atom. The van der Waals surface area contributed by atoms with E-state index >= 15 is 0 Å². The van der Waals surface area contributed by atoms with Crippen molar-refractivity contribution in [3.8, 4) is 0 Å². The lowest BCUT2D eigenvalue weighted by atomic mass is 10.2. The van der Waals surface area contributed by atoms with Crippen molar-refractivity contribution < 1.29 is 16.8 Å². The molecule has 0 radical (unpaired) electrons. The van der Waals surface area contributed by atoms with Crippen LogP contribution in [0.5, 0.6) is 0 Å². The zero-order chi connectivity index (χ0) is 18.8. The van der Waals surface area contributed by atoms with Crippen LogP contribution in [0.15, 0.2) is 59.5 Å². The van der Waals surface area contributed by atoms with Gasteiger partial charge >= 0.3 is 0 Å². The van der Waals surface area contributed by atoms with Crippen LogP contribution < -0.4 is 5.32 Å². The summed E-state index contributed by atoms with van der Waals surface area (Å²) in [5.74, 6) is -0.492. The first-order valence-electron chi connectivity index (χ1n) is 8.62. The average Bonchev–Trinajstić information content (AvgIpc) is 2.96. The van der Waals surface area contributed by atoms with E-state index in [1.807, 2.05) is 37.3 Å². The van der Waals surface area contributed by atoms with Gasteiger partial charge in [0.25, 0.3) is 0 Å². The number of aryl methyl sites for hydroxylation is 1. The Labute approximate surface area is 155 Å². The fourth-order valence-corrected chi connectivity index (χ4v) is 7.96. The Hall–Kier alpha value is -1.70. The van der Waals surface area contributed by atoms with E-state index in [2.05, 4.69) is 5.32 Å². The molecule has 0 spiro atoms. The summed E-state index contributed by atoms with van der Waals surface area (Å²) in [7, 11) is -7.12. The molecule has 1 fully saturated rings. The van der Waals surface area contributed by atoms with Gasteiger partial charge in [-0.3, -0.25) is 0 Å². The van der Waals surface area contributed by atoms with E-state index in [0.29, 0.717) is 6.54 Å². The van der Waals surface area contributed by atoms with Crippen molar-refractivity contribution in [1.82, 2.24) is 5.32 Å². The van der Waals surface area contributed by atoms with Gasteiger partial charge in [-0.1, -0.05) is 49.4 Å². The van der Waals surface area contributed by atoms with Crippen molar-refractivity contribution in [1.29, 1.82) is 0 Å². The molecule has 0 aromatic heterocycles. The summed E-state index contributed by atoms with van der Waals surface area (Å²) in [6.45, 7) is 2.43. The molecular formula is C19H23NO4S2. The summed E-state index contributed by atoms with van der Waals surface area (Å²) in [5, 5.41) is 2.17. The van der Waals surface area contributed by atoms with Gasteiger partial charge < -0.3 is 5.32 Å². The molecule has 1 saturated heterocycles. The highest BCUT2D eigenvalue weighted by atomic mass is 32.2. The smallest absolute Gasteiger partial charge is 0.183 e. The SMILES string of the molecule is CCc1ccc(S(=O)(=O)C2CS(=O)(=O)CC2NCc2ccccc2)cc1. The molecule has 3 rings (SSSR count).